The standard InChI is InChI=1S/C18H16BrNO5S/c1-24-17(22)11-7-8-12-13(11)14(18(23)25-2)16(26-12)20-15(21)9-3-5-10(19)6-4-9/h3-6,11H,7-8H2,1-2H3,(H,20,21)/t11-/m0/s1. The van der Waals surface area contributed by atoms with Crippen molar-refractivity contribution in [2.45, 2.75) is 18.8 Å². The zero-order chi connectivity index (χ0) is 18.8. The molecule has 0 saturated carbocycles. The van der Waals surface area contributed by atoms with Crippen molar-refractivity contribution in [3.8, 4) is 0 Å². The predicted octanol–water partition coefficient (Wildman–Crippen LogP) is 3.75. The Morgan fingerprint density at radius 2 is 1.85 bits per heavy atom. The minimum atomic E-state index is -0.579. The van der Waals surface area contributed by atoms with E-state index in [2.05, 4.69) is 21.2 Å². The fraction of sp³-hybridized carbons (Fsp3) is 0.278. The molecule has 8 heteroatoms. The molecule has 0 saturated heterocycles. The van der Waals surface area contributed by atoms with Gasteiger partial charge in [0.25, 0.3) is 5.91 Å². The number of hydrogen-bond acceptors (Lipinski definition) is 6. The van der Waals surface area contributed by atoms with E-state index in [0.717, 1.165) is 9.35 Å². The van der Waals surface area contributed by atoms with Gasteiger partial charge in [0.1, 0.15) is 5.00 Å². The zero-order valence-corrected chi connectivity index (χ0v) is 16.5. The largest absolute Gasteiger partial charge is 0.469 e. The molecule has 1 aliphatic rings. The molecular formula is C18H16BrNO5S. The number of amides is 1. The molecule has 0 radical (unpaired) electrons. The number of methoxy groups -OCH3 is 2. The van der Waals surface area contributed by atoms with Gasteiger partial charge in [0.2, 0.25) is 0 Å². The first-order valence-corrected chi connectivity index (χ1v) is 9.45. The van der Waals surface area contributed by atoms with E-state index in [1.165, 1.54) is 25.6 Å². The van der Waals surface area contributed by atoms with E-state index in [4.69, 9.17) is 9.47 Å². The first kappa shape index (κ1) is 18.6. The van der Waals surface area contributed by atoms with E-state index in [9.17, 15) is 14.4 Å². The van der Waals surface area contributed by atoms with Gasteiger partial charge < -0.3 is 14.8 Å². The predicted molar refractivity (Wildman–Crippen MR) is 101 cm³/mol. The third kappa shape index (κ3) is 3.39. The molecule has 1 aromatic carbocycles. The lowest BCUT2D eigenvalue weighted by molar-refractivity contribution is -0.142. The summed E-state index contributed by atoms with van der Waals surface area (Å²) < 4.78 is 10.6. The lowest BCUT2D eigenvalue weighted by Gasteiger charge is -2.11. The SMILES string of the molecule is COC(=O)c1c(NC(=O)c2ccc(Br)cc2)sc2c1[C@@H](C(=O)OC)CC2. The van der Waals surface area contributed by atoms with Gasteiger partial charge in [-0.1, -0.05) is 15.9 Å². The number of aryl methyl sites for hydroxylation is 1. The zero-order valence-electron chi connectivity index (χ0n) is 14.1. The summed E-state index contributed by atoms with van der Waals surface area (Å²) in [4.78, 5) is 37.8. The summed E-state index contributed by atoms with van der Waals surface area (Å²) in [5.74, 6) is -1.82. The lowest BCUT2D eigenvalue weighted by Crippen LogP contribution is -2.17. The molecular weight excluding hydrogens is 422 g/mol. The smallest absolute Gasteiger partial charge is 0.341 e. The van der Waals surface area contributed by atoms with Crippen molar-refractivity contribution in [3.63, 3.8) is 0 Å². The quantitative estimate of drug-likeness (QED) is 0.736. The minimum Gasteiger partial charge on any atom is -0.469 e. The maximum Gasteiger partial charge on any atom is 0.341 e. The normalized spacial score (nSPS) is 15.3. The van der Waals surface area contributed by atoms with Crippen molar-refractivity contribution in [2.75, 3.05) is 19.5 Å². The van der Waals surface area contributed by atoms with E-state index in [-0.39, 0.29) is 11.5 Å². The highest BCUT2D eigenvalue weighted by Gasteiger charge is 2.38. The molecule has 1 atom stereocenters. The molecule has 0 spiro atoms. The Bertz CT molecular complexity index is 874. The van der Waals surface area contributed by atoms with Gasteiger partial charge in [0.15, 0.2) is 0 Å². The van der Waals surface area contributed by atoms with E-state index in [1.54, 1.807) is 24.3 Å². The van der Waals surface area contributed by atoms with E-state index < -0.39 is 17.9 Å². The molecule has 26 heavy (non-hydrogen) atoms. The summed E-state index contributed by atoms with van der Waals surface area (Å²) in [6.07, 6.45) is 1.23. The molecule has 6 nitrogen and oxygen atoms in total. The Labute approximate surface area is 162 Å². The Hall–Kier alpha value is -2.19. The molecule has 3 rings (SSSR count). The molecule has 1 N–H and O–H groups in total. The van der Waals surface area contributed by atoms with Crippen molar-refractivity contribution in [2.24, 2.45) is 0 Å². The number of carbonyl (C=O) groups excluding carboxylic acids is 3. The molecule has 0 fully saturated rings. The van der Waals surface area contributed by atoms with Crippen molar-refractivity contribution in [1.82, 2.24) is 0 Å². The van der Waals surface area contributed by atoms with Crippen LogP contribution in [0.25, 0.3) is 0 Å². The molecule has 1 aromatic heterocycles. The average molecular weight is 438 g/mol. The van der Waals surface area contributed by atoms with E-state index in [0.29, 0.717) is 29.0 Å². The third-order valence-electron chi connectivity index (χ3n) is 4.24. The number of carbonyl (C=O) groups is 3. The van der Waals surface area contributed by atoms with Crippen LogP contribution in [-0.4, -0.2) is 32.1 Å². The molecule has 0 unspecified atom stereocenters. The summed E-state index contributed by atoms with van der Waals surface area (Å²) in [6.45, 7) is 0. The first-order valence-electron chi connectivity index (χ1n) is 7.84. The third-order valence-corrected chi connectivity index (χ3v) is 5.95. The Morgan fingerprint density at radius 1 is 1.15 bits per heavy atom. The average Bonchev–Trinajstić information content (AvgIpc) is 3.19. The van der Waals surface area contributed by atoms with Gasteiger partial charge in [-0.3, -0.25) is 9.59 Å². The Kier molecular flexibility index (Phi) is 5.43. The topological polar surface area (TPSA) is 81.7 Å². The van der Waals surface area contributed by atoms with Gasteiger partial charge in [-0.15, -0.1) is 11.3 Å². The van der Waals surface area contributed by atoms with Crippen LogP contribution in [0.1, 0.15) is 43.5 Å². The maximum absolute atomic E-state index is 12.5. The van der Waals surface area contributed by atoms with Crippen LogP contribution in [-0.2, 0) is 20.7 Å². The van der Waals surface area contributed by atoms with E-state index >= 15 is 0 Å². The van der Waals surface area contributed by atoms with Crippen LogP contribution in [0.15, 0.2) is 28.7 Å². The van der Waals surface area contributed by atoms with Crippen LogP contribution < -0.4 is 5.32 Å². The number of ether oxygens (including phenoxy) is 2. The highest BCUT2D eigenvalue weighted by molar-refractivity contribution is 9.10. The monoisotopic (exact) mass is 437 g/mol. The van der Waals surface area contributed by atoms with Gasteiger partial charge in [-0.25, -0.2) is 4.79 Å². The van der Waals surface area contributed by atoms with Crippen molar-refractivity contribution >= 4 is 50.1 Å². The number of benzene rings is 1. The number of esters is 2. The Balaban J connectivity index is 1.98. The van der Waals surface area contributed by atoms with Crippen LogP contribution in [0.2, 0.25) is 0 Å². The minimum absolute atomic E-state index is 0.242. The number of halogens is 1. The second kappa shape index (κ2) is 7.59. The molecule has 1 amide bonds. The highest BCUT2D eigenvalue weighted by Crippen LogP contribution is 2.46. The van der Waals surface area contributed by atoms with Crippen LogP contribution in [0.5, 0.6) is 0 Å². The number of hydrogen-bond donors (Lipinski definition) is 1. The number of fused-ring (bicyclic) bond motifs is 1. The number of rotatable bonds is 4. The van der Waals surface area contributed by atoms with Crippen molar-refractivity contribution in [1.29, 1.82) is 0 Å². The summed E-state index contributed by atoms with van der Waals surface area (Å²) in [7, 11) is 2.59. The van der Waals surface area contributed by atoms with Gasteiger partial charge in [0, 0.05) is 14.9 Å². The van der Waals surface area contributed by atoms with E-state index in [1.807, 2.05) is 0 Å². The molecule has 0 bridgehead atoms. The van der Waals surface area contributed by atoms with Crippen molar-refractivity contribution < 1.29 is 23.9 Å². The van der Waals surface area contributed by atoms with Crippen molar-refractivity contribution in [3.05, 3.63) is 50.3 Å². The summed E-state index contributed by atoms with van der Waals surface area (Å²) in [5.41, 5.74) is 1.31. The highest BCUT2D eigenvalue weighted by atomic mass is 79.9. The number of anilines is 1. The fourth-order valence-corrected chi connectivity index (χ4v) is 4.54. The molecule has 1 aliphatic carbocycles. The van der Waals surface area contributed by atoms with Gasteiger partial charge in [-0.05, 0) is 42.7 Å². The summed E-state index contributed by atoms with van der Waals surface area (Å²) >= 11 is 4.62. The number of thiophene rings is 1. The second-order valence-electron chi connectivity index (χ2n) is 5.71. The molecule has 2 aromatic rings. The fourth-order valence-electron chi connectivity index (χ4n) is 3.01. The van der Waals surface area contributed by atoms with Crippen LogP contribution in [0, 0.1) is 0 Å². The molecule has 0 aliphatic heterocycles. The lowest BCUT2D eigenvalue weighted by atomic mass is 9.99. The van der Waals surface area contributed by atoms with Gasteiger partial charge in [0.05, 0.1) is 25.7 Å². The van der Waals surface area contributed by atoms with Gasteiger partial charge >= 0.3 is 11.9 Å². The van der Waals surface area contributed by atoms with Gasteiger partial charge in [-0.2, -0.15) is 0 Å². The molecule has 1 heterocycles. The maximum atomic E-state index is 12.5. The van der Waals surface area contributed by atoms with Crippen LogP contribution >= 0.6 is 27.3 Å². The number of nitrogens with one attached hydrogen (secondary N) is 1. The first-order chi connectivity index (χ1) is 12.5. The molecule has 136 valence electrons. The Morgan fingerprint density at radius 3 is 2.46 bits per heavy atom. The van der Waals surface area contributed by atoms with Crippen LogP contribution in [0.3, 0.4) is 0 Å². The summed E-state index contributed by atoms with van der Waals surface area (Å²) in [5, 5.41) is 3.17. The van der Waals surface area contributed by atoms with Crippen LogP contribution in [0.4, 0.5) is 5.00 Å². The summed E-state index contributed by atoms with van der Waals surface area (Å²) in [6, 6.07) is 6.88. The second-order valence-corrected chi connectivity index (χ2v) is 7.73.